The minimum atomic E-state index is -3.69. The van der Waals surface area contributed by atoms with Gasteiger partial charge in [-0.2, -0.15) is 4.31 Å². The summed E-state index contributed by atoms with van der Waals surface area (Å²) < 4.78 is 40.9. The Hall–Kier alpha value is -2.01. The number of hydrogen-bond donors (Lipinski definition) is 0. The minimum absolute atomic E-state index is 0.0473. The van der Waals surface area contributed by atoms with Crippen molar-refractivity contribution in [2.75, 3.05) is 74.2 Å². The third kappa shape index (κ3) is 7.75. The summed E-state index contributed by atoms with van der Waals surface area (Å²) in [6.07, 6.45) is 6.68. The van der Waals surface area contributed by atoms with Crippen molar-refractivity contribution in [1.29, 1.82) is 0 Å². The maximum atomic E-state index is 13.2. The van der Waals surface area contributed by atoms with Gasteiger partial charge in [-0.15, -0.1) is 0 Å². The Bertz CT molecular complexity index is 1040. The molecule has 208 valence electrons. The zero-order valence-corrected chi connectivity index (χ0v) is 24.2. The fourth-order valence-electron chi connectivity index (χ4n) is 5.33. The van der Waals surface area contributed by atoms with E-state index >= 15 is 0 Å². The number of carbonyl (C=O) groups excluding carboxylic acids is 1. The van der Waals surface area contributed by atoms with E-state index in [4.69, 9.17) is 9.47 Å². The maximum absolute atomic E-state index is 13.2. The van der Waals surface area contributed by atoms with Gasteiger partial charge in [0, 0.05) is 32.6 Å². The van der Waals surface area contributed by atoms with Crippen LogP contribution in [0, 0.1) is 19.8 Å². The van der Waals surface area contributed by atoms with E-state index in [2.05, 4.69) is 22.7 Å². The molecule has 1 saturated heterocycles. The molecule has 37 heavy (non-hydrogen) atoms. The number of amides is 1. The van der Waals surface area contributed by atoms with Crippen LogP contribution in [0.4, 0.5) is 0 Å². The largest absolute Gasteiger partial charge is 0.497 e. The SMILES string of the molecule is COc1cc(C)c(S(=O)(=O)N(C)CCOCC(=O)N(C)C2CCCC(C=[N+]3CCN(C)CC3)C2)c(C)c1. The zero-order chi connectivity index (χ0) is 27.2. The summed E-state index contributed by atoms with van der Waals surface area (Å²) >= 11 is 0. The summed E-state index contributed by atoms with van der Waals surface area (Å²) in [6, 6.07) is 3.65. The van der Waals surface area contributed by atoms with Gasteiger partial charge in [0.2, 0.25) is 15.9 Å². The third-order valence-electron chi connectivity index (χ3n) is 7.70. The van der Waals surface area contributed by atoms with Crippen molar-refractivity contribution in [3.8, 4) is 5.75 Å². The quantitative estimate of drug-likeness (QED) is 0.335. The second kappa shape index (κ2) is 13.2. The van der Waals surface area contributed by atoms with Gasteiger partial charge < -0.3 is 14.4 Å². The van der Waals surface area contributed by atoms with E-state index in [-0.39, 0.29) is 36.6 Å². The number of rotatable bonds is 10. The molecule has 1 aromatic rings. The number of methoxy groups -OCH3 is 1. The number of aryl methyl sites for hydroxylation is 2. The van der Waals surface area contributed by atoms with E-state index in [1.165, 1.54) is 17.8 Å². The molecule has 1 aromatic carbocycles. The Kier molecular flexibility index (Phi) is 10.5. The topological polar surface area (TPSA) is 82.4 Å². The average Bonchev–Trinajstić information content (AvgIpc) is 2.86. The van der Waals surface area contributed by atoms with Crippen molar-refractivity contribution in [3.05, 3.63) is 23.3 Å². The fourth-order valence-corrected chi connectivity index (χ4v) is 6.88. The lowest BCUT2D eigenvalue weighted by Gasteiger charge is -2.34. The van der Waals surface area contributed by atoms with Gasteiger partial charge in [-0.25, -0.2) is 13.0 Å². The summed E-state index contributed by atoms with van der Waals surface area (Å²) in [6.45, 7) is 8.12. The van der Waals surface area contributed by atoms with Crippen LogP contribution in [0.2, 0.25) is 0 Å². The predicted octanol–water partition coefficient (Wildman–Crippen LogP) is 2.00. The Balaban J connectivity index is 1.47. The van der Waals surface area contributed by atoms with Crippen LogP contribution in [-0.2, 0) is 19.6 Å². The normalized spacial score (nSPS) is 21.2. The van der Waals surface area contributed by atoms with E-state index in [9.17, 15) is 13.2 Å². The third-order valence-corrected chi connectivity index (χ3v) is 9.86. The first-order chi connectivity index (χ1) is 17.5. The van der Waals surface area contributed by atoms with Gasteiger partial charge in [0.1, 0.15) is 18.6 Å². The number of carbonyl (C=O) groups is 1. The van der Waals surface area contributed by atoms with Gasteiger partial charge in [-0.05, 0) is 63.4 Å². The van der Waals surface area contributed by atoms with Crippen LogP contribution in [0.1, 0.15) is 36.8 Å². The molecule has 0 aromatic heterocycles. The molecule has 2 aliphatic rings. The van der Waals surface area contributed by atoms with E-state index in [1.54, 1.807) is 33.1 Å². The number of piperazine rings is 1. The molecule has 2 unspecified atom stereocenters. The zero-order valence-electron chi connectivity index (χ0n) is 23.4. The molecule has 0 bridgehead atoms. The summed E-state index contributed by atoms with van der Waals surface area (Å²) in [5, 5.41) is 0. The van der Waals surface area contributed by atoms with E-state index in [1.807, 2.05) is 11.9 Å². The molecule has 3 rings (SSSR count). The van der Waals surface area contributed by atoms with Gasteiger partial charge in [0.05, 0.1) is 31.7 Å². The van der Waals surface area contributed by atoms with Crippen molar-refractivity contribution in [1.82, 2.24) is 14.1 Å². The first kappa shape index (κ1) is 29.5. The van der Waals surface area contributed by atoms with Gasteiger partial charge in [0.25, 0.3) is 0 Å². The standard InChI is InChI=1S/C27H45N4O5S/c1-21-16-25(35-6)17-22(2)27(21)37(33,34)29(4)14-15-36-20-26(32)30(5)24-9-7-8-23(18-24)19-31-12-10-28(3)11-13-31/h16-17,19,23-24H,7-15,18,20H2,1-6H3/q+1. The minimum Gasteiger partial charge on any atom is -0.497 e. The number of hydrogen-bond acceptors (Lipinski definition) is 6. The monoisotopic (exact) mass is 537 g/mol. The van der Waals surface area contributed by atoms with Crippen LogP contribution < -0.4 is 4.74 Å². The predicted molar refractivity (Wildman–Crippen MR) is 145 cm³/mol. The molecule has 0 N–H and O–H groups in total. The van der Waals surface area contributed by atoms with Crippen LogP contribution in [0.5, 0.6) is 5.75 Å². The summed E-state index contributed by atoms with van der Waals surface area (Å²) in [5.41, 5.74) is 1.27. The van der Waals surface area contributed by atoms with Crippen LogP contribution in [0.3, 0.4) is 0 Å². The number of likely N-dealkylation sites (N-methyl/N-ethyl adjacent to an activating group) is 3. The number of ether oxygens (including phenoxy) is 2. The van der Waals surface area contributed by atoms with E-state index in [0.29, 0.717) is 22.8 Å². The fraction of sp³-hybridized carbons (Fsp3) is 0.704. The smallest absolute Gasteiger partial charge is 0.248 e. The van der Waals surface area contributed by atoms with Crippen LogP contribution >= 0.6 is 0 Å². The highest BCUT2D eigenvalue weighted by Gasteiger charge is 2.30. The van der Waals surface area contributed by atoms with Crippen molar-refractivity contribution >= 4 is 22.1 Å². The second-order valence-corrected chi connectivity index (χ2v) is 12.5. The molecule has 2 atom stereocenters. The van der Waals surface area contributed by atoms with Gasteiger partial charge >= 0.3 is 0 Å². The molecule has 2 fully saturated rings. The lowest BCUT2D eigenvalue weighted by Crippen LogP contribution is -2.44. The van der Waals surface area contributed by atoms with Crippen molar-refractivity contribution in [3.63, 3.8) is 0 Å². The van der Waals surface area contributed by atoms with Gasteiger partial charge in [-0.3, -0.25) is 9.69 Å². The molecule has 9 nitrogen and oxygen atoms in total. The Morgan fingerprint density at radius 2 is 1.81 bits per heavy atom. The summed E-state index contributed by atoms with van der Waals surface area (Å²) in [4.78, 5) is 17.3. The average molecular weight is 538 g/mol. The highest BCUT2D eigenvalue weighted by Crippen LogP contribution is 2.28. The molecule has 1 aliphatic heterocycles. The van der Waals surface area contributed by atoms with E-state index < -0.39 is 10.0 Å². The second-order valence-electron chi connectivity index (χ2n) is 10.5. The van der Waals surface area contributed by atoms with Crippen molar-refractivity contribution in [2.45, 2.75) is 50.5 Å². The molecule has 1 aliphatic carbocycles. The molecule has 0 spiro atoms. The Morgan fingerprint density at radius 3 is 2.43 bits per heavy atom. The van der Waals surface area contributed by atoms with Crippen molar-refractivity contribution in [2.24, 2.45) is 5.92 Å². The lowest BCUT2D eigenvalue weighted by atomic mass is 9.85. The summed E-state index contributed by atoms with van der Waals surface area (Å²) in [7, 11) is 3.43. The first-order valence-corrected chi connectivity index (χ1v) is 14.7. The Labute approximate surface area is 223 Å². The number of benzene rings is 1. The van der Waals surface area contributed by atoms with Gasteiger partial charge in [-0.1, -0.05) is 6.42 Å². The lowest BCUT2D eigenvalue weighted by molar-refractivity contribution is -0.537. The van der Waals surface area contributed by atoms with Crippen LogP contribution in [-0.4, -0.2) is 119 Å². The first-order valence-electron chi connectivity index (χ1n) is 13.3. The molecule has 10 heteroatoms. The molecular formula is C27H45N4O5S+. The molecule has 1 saturated carbocycles. The van der Waals surface area contributed by atoms with Gasteiger partial charge in [0.15, 0.2) is 13.1 Å². The van der Waals surface area contributed by atoms with Crippen LogP contribution in [0.25, 0.3) is 0 Å². The molecule has 1 heterocycles. The highest BCUT2D eigenvalue weighted by molar-refractivity contribution is 7.89. The maximum Gasteiger partial charge on any atom is 0.248 e. The molecule has 0 radical (unpaired) electrons. The highest BCUT2D eigenvalue weighted by atomic mass is 32.2. The van der Waals surface area contributed by atoms with E-state index in [0.717, 1.165) is 45.4 Å². The van der Waals surface area contributed by atoms with Crippen LogP contribution in [0.15, 0.2) is 17.0 Å². The molecule has 1 amide bonds. The Morgan fingerprint density at radius 1 is 1.16 bits per heavy atom. The molecular weight excluding hydrogens is 492 g/mol. The van der Waals surface area contributed by atoms with Crippen molar-refractivity contribution < 1.29 is 27.3 Å². The number of nitrogens with zero attached hydrogens (tertiary/aromatic N) is 4. The number of sulfonamides is 1. The summed E-state index contributed by atoms with van der Waals surface area (Å²) in [5.74, 6) is 1.07.